The smallest absolute Gasteiger partial charge is 0.274 e. The van der Waals surface area contributed by atoms with Crippen molar-refractivity contribution in [1.82, 2.24) is 14.6 Å². The van der Waals surface area contributed by atoms with Crippen LogP contribution in [0.5, 0.6) is 0 Å². The molecule has 4 rings (SSSR count). The van der Waals surface area contributed by atoms with Gasteiger partial charge in [-0.3, -0.25) is 4.74 Å². The first-order chi connectivity index (χ1) is 9.93. The van der Waals surface area contributed by atoms with Gasteiger partial charge in [-0.05, 0) is 12.1 Å². The van der Waals surface area contributed by atoms with Gasteiger partial charge in [-0.25, -0.2) is 4.52 Å². The summed E-state index contributed by atoms with van der Waals surface area (Å²) in [6.07, 6.45) is -2.35. The summed E-state index contributed by atoms with van der Waals surface area (Å²) in [5.41, 5.74) is 12.1. The van der Waals surface area contributed by atoms with Gasteiger partial charge >= 0.3 is 0 Å². The van der Waals surface area contributed by atoms with E-state index < -0.39 is 30.4 Å². The number of epoxide rings is 1. The third kappa shape index (κ3) is 1.33. The van der Waals surface area contributed by atoms with Crippen LogP contribution in [-0.2, 0) is 15.3 Å². The summed E-state index contributed by atoms with van der Waals surface area (Å²) in [6.45, 7) is -0.461. The summed E-state index contributed by atoms with van der Waals surface area (Å²) in [4.78, 5) is 3.83. The number of rotatable bonds is 2. The van der Waals surface area contributed by atoms with Gasteiger partial charge in [-0.2, -0.15) is 4.98 Å². The first-order valence-electron chi connectivity index (χ1n) is 6.23. The highest BCUT2D eigenvalue weighted by Gasteiger charge is 2.84. The second-order valence-corrected chi connectivity index (χ2v) is 5.07. The lowest BCUT2D eigenvalue weighted by Crippen LogP contribution is -2.37. The van der Waals surface area contributed by atoms with Crippen molar-refractivity contribution in [2.24, 2.45) is 0 Å². The number of fused-ring (bicyclic) bond motifs is 2. The van der Waals surface area contributed by atoms with Gasteiger partial charge < -0.3 is 31.5 Å². The van der Waals surface area contributed by atoms with Gasteiger partial charge in [0.2, 0.25) is 5.95 Å². The first kappa shape index (κ1) is 12.7. The highest BCUT2D eigenvalue weighted by molar-refractivity contribution is 5.67. The van der Waals surface area contributed by atoms with Crippen molar-refractivity contribution >= 4 is 17.3 Å². The number of ether oxygens (including phenoxy) is 2. The van der Waals surface area contributed by atoms with Crippen LogP contribution in [0.1, 0.15) is 5.69 Å². The molecule has 10 nitrogen and oxygen atoms in total. The van der Waals surface area contributed by atoms with Crippen LogP contribution >= 0.6 is 0 Å². The maximum atomic E-state index is 10.3. The van der Waals surface area contributed by atoms with Gasteiger partial charge in [0, 0.05) is 0 Å². The molecule has 0 radical (unpaired) electrons. The first-order valence-corrected chi connectivity index (χ1v) is 6.23. The molecule has 0 unspecified atom stereocenters. The van der Waals surface area contributed by atoms with E-state index in [0.717, 1.165) is 0 Å². The van der Waals surface area contributed by atoms with Gasteiger partial charge in [0.25, 0.3) is 11.6 Å². The zero-order valence-electron chi connectivity index (χ0n) is 10.7. The topological polar surface area (TPSA) is 165 Å². The van der Waals surface area contributed by atoms with Crippen LogP contribution in [0.4, 0.5) is 11.8 Å². The number of hydrogen-bond acceptors (Lipinski definition) is 9. The third-order valence-electron chi connectivity index (χ3n) is 3.87. The monoisotopic (exact) mass is 295 g/mol. The zero-order valence-corrected chi connectivity index (χ0v) is 10.7. The number of nitrogens with two attached hydrogens (primary N) is 2. The minimum atomic E-state index is -1.94. The molecule has 0 aromatic carbocycles. The Balaban J connectivity index is 1.89. The summed E-state index contributed by atoms with van der Waals surface area (Å²) >= 11 is 0. The minimum Gasteiger partial charge on any atom is -0.394 e. The van der Waals surface area contributed by atoms with Crippen LogP contribution in [0, 0.1) is 0 Å². The van der Waals surface area contributed by atoms with Gasteiger partial charge in [-0.15, -0.1) is 5.10 Å². The second kappa shape index (κ2) is 3.61. The van der Waals surface area contributed by atoms with Crippen molar-refractivity contribution in [3.8, 4) is 0 Å². The zero-order chi connectivity index (χ0) is 15.0. The van der Waals surface area contributed by atoms with Crippen LogP contribution in [-0.4, -0.2) is 54.5 Å². The molecule has 7 N–H and O–H groups in total. The Hall–Kier alpha value is -1.98. The van der Waals surface area contributed by atoms with Crippen molar-refractivity contribution in [3.63, 3.8) is 0 Å². The summed E-state index contributed by atoms with van der Waals surface area (Å²) in [6, 6.07) is 3.19. The number of aromatic nitrogens is 3. The molecule has 2 saturated heterocycles. The molecule has 0 amide bonds. The predicted molar refractivity (Wildman–Crippen MR) is 67.5 cm³/mol. The Morgan fingerprint density at radius 1 is 1.38 bits per heavy atom. The van der Waals surface area contributed by atoms with E-state index in [4.69, 9.17) is 20.9 Å². The van der Waals surface area contributed by atoms with E-state index in [1.807, 2.05) is 0 Å². The molecule has 2 aliphatic heterocycles. The van der Waals surface area contributed by atoms with Gasteiger partial charge in [-0.1, -0.05) is 0 Å². The van der Waals surface area contributed by atoms with Crippen molar-refractivity contribution in [1.29, 1.82) is 0 Å². The van der Waals surface area contributed by atoms with Crippen LogP contribution in [0.15, 0.2) is 12.1 Å². The van der Waals surface area contributed by atoms with Gasteiger partial charge in [0.1, 0.15) is 23.4 Å². The van der Waals surface area contributed by atoms with E-state index in [-0.39, 0.29) is 11.8 Å². The molecule has 112 valence electrons. The fourth-order valence-electron chi connectivity index (χ4n) is 2.81. The van der Waals surface area contributed by atoms with Crippen molar-refractivity contribution in [3.05, 3.63) is 17.8 Å². The Labute approximate surface area is 117 Å². The molecule has 2 aromatic rings. The Morgan fingerprint density at radius 3 is 2.81 bits per heavy atom. The summed E-state index contributed by atoms with van der Waals surface area (Å²) < 4.78 is 12.0. The predicted octanol–water partition coefficient (Wildman–Crippen LogP) is -2.48. The lowest BCUT2D eigenvalue weighted by atomic mass is 10.1. The molecule has 4 heterocycles. The Morgan fingerprint density at radius 2 is 2.14 bits per heavy atom. The summed E-state index contributed by atoms with van der Waals surface area (Å²) in [5, 5.41) is 33.5. The number of aliphatic hydroxyl groups excluding tert-OH is 2. The lowest BCUT2D eigenvalue weighted by molar-refractivity contribution is -0.159. The van der Waals surface area contributed by atoms with Crippen LogP contribution in [0.3, 0.4) is 0 Å². The molecule has 21 heavy (non-hydrogen) atoms. The molecule has 2 fully saturated rings. The van der Waals surface area contributed by atoms with E-state index in [2.05, 4.69) is 10.1 Å². The third-order valence-corrected chi connectivity index (χ3v) is 3.87. The molecule has 2 aromatic heterocycles. The van der Waals surface area contributed by atoms with E-state index in [1.54, 1.807) is 12.1 Å². The number of nitrogens with zero attached hydrogens (tertiary/aromatic N) is 3. The van der Waals surface area contributed by atoms with Gasteiger partial charge in [0.05, 0.1) is 6.61 Å². The minimum absolute atomic E-state index is 0.0599. The maximum absolute atomic E-state index is 10.3. The van der Waals surface area contributed by atoms with Crippen molar-refractivity contribution in [2.45, 2.75) is 23.8 Å². The summed E-state index contributed by atoms with van der Waals surface area (Å²) in [5.74, 6) is -3.45. The Kier molecular flexibility index (Phi) is 2.19. The fourth-order valence-corrected chi connectivity index (χ4v) is 2.81. The van der Waals surface area contributed by atoms with E-state index in [1.165, 1.54) is 4.52 Å². The molecular weight excluding hydrogens is 282 g/mol. The number of nitrogen functional groups attached to an aromatic ring is 2. The molecule has 10 heteroatoms. The lowest BCUT2D eigenvalue weighted by Gasteiger charge is -2.16. The Bertz CT molecular complexity index is 750. The fraction of sp³-hybridized carbons (Fsp3) is 0.455. The van der Waals surface area contributed by atoms with Crippen LogP contribution in [0.2, 0.25) is 0 Å². The van der Waals surface area contributed by atoms with E-state index in [9.17, 15) is 15.3 Å². The maximum Gasteiger partial charge on any atom is 0.274 e. The summed E-state index contributed by atoms with van der Waals surface area (Å²) in [7, 11) is 0. The number of aliphatic hydroxyl groups is 3. The number of anilines is 2. The SMILES string of the molecule is Nc1nc(N)c2ccc([C@]34O[C@H](CO)[C@@H](O)[C@]3(O)O4)n2n1. The average molecular weight is 295 g/mol. The van der Waals surface area contributed by atoms with Crippen LogP contribution < -0.4 is 11.5 Å². The molecule has 0 spiro atoms. The quantitative estimate of drug-likeness (QED) is 0.377. The van der Waals surface area contributed by atoms with Crippen molar-refractivity contribution < 1.29 is 24.8 Å². The molecule has 0 aliphatic carbocycles. The molecule has 4 atom stereocenters. The molecule has 0 saturated carbocycles. The highest BCUT2D eigenvalue weighted by Crippen LogP contribution is 2.62. The molecular formula is C11H13N5O5. The number of hydrogen-bond donors (Lipinski definition) is 5. The van der Waals surface area contributed by atoms with Crippen molar-refractivity contribution in [2.75, 3.05) is 18.1 Å². The second-order valence-electron chi connectivity index (χ2n) is 5.07. The standard InChI is InChI=1S/C11H13N5O5/c12-8-4-1-2-6(16(4)15-9(13)14-8)11-10(19,21-11)7(18)5(3-17)20-11/h1-2,5,7,17-19H,3H2,(H4,12,13,14,15)/t5-,7-,10+,11-/m1/s1. The van der Waals surface area contributed by atoms with Crippen LogP contribution in [0.25, 0.3) is 5.52 Å². The van der Waals surface area contributed by atoms with Gasteiger partial charge in [0.15, 0.2) is 5.82 Å². The largest absolute Gasteiger partial charge is 0.394 e. The highest BCUT2D eigenvalue weighted by atomic mass is 16.9. The van der Waals surface area contributed by atoms with E-state index in [0.29, 0.717) is 11.2 Å². The molecule has 2 aliphatic rings. The normalized spacial score (nSPS) is 37.9. The molecule has 0 bridgehead atoms. The average Bonchev–Trinajstić information content (AvgIpc) is 2.76. The van der Waals surface area contributed by atoms with E-state index >= 15 is 0 Å².